The highest BCUT2D eigenvalue weighted by atomic mass is 32.2. The number of nitrogens with one attached hydrogen (secondary N) is 2. The number of carbonyl (C=O) groups is 1. The smallest absolute Gasteiger partial charge is 0.225 e. The van der Waals surface area contributed by atoms with Gasteiger partial charge in [0.25, 0.3) is 0 Å². The molecular weight excluding hydrogens is 328 g/mol. The molecule has 0 aromatic carbocycles. The average Bonchev–Trinajstić information content (AvgIpc) is 2.90. The predicted octanol–water partition coefficient (Wildman–Crippen LogP) is 0.233. The van der Waals surface area contributed by atoms with Crippen LogP contribution in [0.5, 0.6) is 0 Å². The van der Waals surface area contributed by atoms with E-state index in [2.05, 4.69) is 15.6 Å². The van der Waals surface area contributed by atoms with Crippen molar-refractivity contribution in [2.24, 2.45) is 16.8 Å². The number of sulfone groups is 1. The van der Waals surface area contributed by atoms with E-state index in [9.17, 15) is 13.2 Å². The molecule has 2 fully saturated rings. The second-order valence-electron chi connectivity index (χ2n) is 7.16. The molecular formula is C16H30N4O3S. The molecule has 0 bridgehead atoms. The van der Waals surface area contributed by atoms with Gasteiger partial charge in [-0.25, -0.2) is 8.42 Å². The molecule has 3 atom stereocenters. The average molecular weight is 359 g/mol. The molecule has 138 valence electrons. The summed E-state index contributed by atoms with van der Waals surface area (Å²) in [7, 11) is 2.47. The van der Waals surface area contributed by atoms with Crippen LogP contribution in [-0.4, -0.2) is 70.4 Å². The third-order valence-corrected chi connectivity index (χ3v) is 6.75. The van der Waals surface area contributed by atoms with E-state index in [-0.39, 0.29) is 29.5 Å². The second kappa shape index (κ2) is 8.18. The van der Waals surface area contributed by atoms with Gasteiger partial charge >= 0.3 is 0 Å². The standard InChI is InChI=1S/C16H30N4O3S/c1-17-16(18-10-12-7-8-24(22,23)11-12)19-14-6-4-5-13(9-14)15(21)20(2)3/h12-14H,4-11H2,1-3H3,(H2,17,18,19). The zero-order chi connectivity index (χ0) is 17.7. The first-order chi connectivity index (χ1) is 11.3. The summed E-state index contributed by atoms with van der Waals surface area (Å²) in [5.41, 5.74) is 0. The lowest BCUT2D eigenvalue weighted by atomic mass is 9.85. The van der Waals surface area contributed by atoms with Gasteiger partial charge in [-0.05, 0) is 31.6 Å². The molecule has 8 heteroatoms. The summed E-state index contributed by atoms with van der Waals surface area (Å²) in [6, 6.07) is 0.228. The van der Waals surface area contributed by atoms with Crippen molar-refractivity contribution in [3.8, 4) is 0 Å². The van der Waals surface area contributed by atoms with Crippen LogP contribution in [-0.2, 0) is 14.6 Å². The molecule has 2 rings (SSSR count). The Kier molecular flexibility index (Phi) is 6.48. The van der Waals surface area contributed by atoms with Crippen LogP contribution in [0.15, 0.2) is 4.99 Å². The number of carbonyl (C=O) groups excluding carboxylic acids is 1. The van der Waals surface area contributed by atoms with Gasteiger partial charge in [-0.1, -0.05) is 6.42 Å². The molecule has 0 aromatic rings. The Morgan fingerprint density at radius 3 is 2.58 bits per heavy atom. The van der Waals surface area contributed by atoms with Crippen LogP contribution in [0.2, 0.25) is 0 Å². The molecule has 1 aliphatic carbocycles. The SMILES string of the molecule is CN=C(NCC1CCS(=O)(=O)C1)NC1CCCC(C(=O)N(C)C)C1. The normalized spacial score (nSPS) is 30.0. The maximum Gasteiger partial charge on any atom is 0.225 e. The van der Waals surface area contributed by atoms with Crippen LogP contribution in [0.4, 0.5) is 0 Å². The number of aliphatic imine (C=N–C) groups is 1. The summed E-state index contributed by atoms with van der Waals surface area (Å²) in [5.74, 6) is 1.68. The van der Waals surface area contributed by atoms with Crippen molar-refractivity contribution in [1.82, 2.24) is 15.5 Å². The fraction of sp³-hybridized carbons (Fsp3) is 0.875. The van der Waals surface area contributed by atoms with Crippen LogP contribution < -0.4 is 10.6 Å². The molecule has 0 radical (unpaired) electrons. The fourth-order valence-electron chi connectivity index (χ4n) is 3.57. The number of guanidine groups is 1. The molecule has 24 heavy (non-hydrogen) atoms. The highest BCUT2D eigenvalue weighted by Gasteiger charge is 2.30. The summed E-state index contributed by atoms with van der Waals surface area (Å²) in [6.07, 6.45) is 4.53. The molecule has 1 amide bonds. The van der Waals surface area contributed by atoms with Crippen molar-refractivity contribution in [2.75, 3.05) is 39.2 Å². The topological polar surface area (TPSA) is 90.9 Å². The van der Waals surface area contributed by atoms with E-state index < -0.39 is 9.84 Å². The first kappa shape index (κ1) is 19.0. The summed E-state index contributed by atoms with van der Waals surface area (Å²) >= 11 is 0. The van der Waals surface area contributed by atoms with Gasteiger partial charge in [0, 0.05) is 39.6 Å². The van der Waals surface area contributed by atoms with Crippen LogP contribution in [0.1, 0.15) is 32.1 Å². The van der Waals surface area contributed by atoms with Gasteiger partial charge in [-0.2, -0.15) is 0 Å². The van der Waals surface area contributed by atoms with Crippen LogP contribution in [0.3, 0.4) is 0 Å². The lowest BCUT2D eigenvalue weighted by molar-refractivity contribution is -0.134. The van der Waals surface area contributed by atoms with E-state index in [1.807, 2.05) is 0 Å². The Balaban J connectivity index is 1.81. The van der Waals surface area contributed by atoms with Crippen molar-refractivity contribution in [1.29, 1.82) is 0 Å². The molecule has 1 saturated carbocycles. The molecule has 0 aromatic heterocycles. The van der Waals surface area contributed by atoms with Gasteiger partial charge in [-0.3, -0.25) is 9.79 Å². The first-order valence-electron chi connectivity index (χ1n) is 8.69. The van der Waals surface area contributed by atoms with E-state index in [0.29, 0.717) is 18.3 Å². The van der Waals surface area contributed by atoms with Crippen LogP contribution in [0, 0.1) is 11.8 Å². The number of amides is 1. The van der Waals surface area contributed by atoms with Gasteiger partial charge in [0.15, 0.2) is 15.8 Å². The molecule has 7 nitrogen and oxygen atoms in total. The Morgan fingerprint density at radius 1 is 1.25 bits per heavy atom. The molecule has 1 saturated heterocycles. The number of rotatable bonds is 4. The minimum Gasteiger partial charge on any atom is -0.356 e. The van der Waals surface area contributed by atoms with E-state index in [1.54, 1.807) is 26.0 Å². The molecule has 1 aliphatic heterocycles. The van der Waals surface area contributed by atoms with Crippen molar-refractivity contribution in [2.45, 2.75) is 38.1 Å². The van der Waals surface area contributed by atoms with Crippen LogP contribution in [0.25, 0.3) is 0 Å². The highest BCUT2D eigenvalue weighted by Crippen LogP contribution is 2.25. The summed E-state index contributed by atoms with van der Waals surface area (Å²) in [5, 5.41) is 6.64. The van der Waals surface area contributed by atoms with Gasteiger partial charge in [0.2, 0.25) is 5.91 Å². The molecule has 2 N–H and O–H groups in total. The number of nitrogens with zero attached hydrogens (tertiary/aromatic N) is 2. The van der Waals surface area contributed by atoms with E-state index in [4.69, 9.17) is 0 Å². The zero-order valence-electron chi connectivity index (χ0n) is 14.9. The third-order valence-electron chi connectivity index (χ3n) is 4.91. The molecule has 3 unspecified atom stereocenters. The maximum absolute atomic E-state index is 12.2. The first-order valence-corrected chi connectivity index (χ1v) is 10.5. The number of hydrogen-bond donors (Lipinski definition) is 2. The van der Waals surface area contributed by atoms with Gasteiger partial charge in [0.1, 0.15) is 0 Å². The second-order valence-corrected chi connectivity index (χ2v) is 9.39. The Morgan fingerprint density at radius 2 is 2.00 bits per heavy atom. The Bertz CT molecular complexity index is 574. The quantitative estimate of drug-likeness (QED) is 0.555. The lowest BCUT2D eigenvalue weighted by Crippen LogP contribution is -2.47. The van der Waals surface area contributed by atoms with Gasteiger partial charge in [-0.15, -0.1) is 0 Å². The largest absolute Gasteiger partial charge is 0.356 e. The highest BCUT2D eigenvalue weighted by molar-refractivity contribution is 7.91. The van der Waals surface area contributed by atoms with Crippen molar-refractivity contribution < 1.29 is 13.2 Å². The fourth-order valence-corrected chi connectivity index (χ4v) is 5.43. The minimum absolute atomic E-state index is 0.0735. The van der Waals surface area contributed by atoms with Crippen molar-refractivity contribution in [3.63, 3.8) is 0 Å². The Hall–Kier alpha value is -1.31. The minimum atomic E-state index is -2.84. The summed E-state index contributed by atoms with van der Waals surface area (Å²) in [4.78, 5) is 18.1. The van der Waals surface area contributed by atoms with E-state index in [1.165, 1.54) is 0 Å². The maximum atomic E-state index is 12.2. The summed E-state index contributed by atoms with van der Waals surface area (Å²) in [6.45, 7) is 0.617. The summed E-state index contributed by atoms with van der Waals surface area (Å²) < 4.78 is 23.0. The molecule has 1 heterocycles. The van der Waals surface area contributed by atoms with Crippen molar-refractivity contribution >= 4 is 21.7 Å². The number of hydrogen-bond acceptors (Lipinski definition) is 4. The zero-order valence-corrected chi connectivity index (χ0v) is 15.7. The van der Waals surface area contributed by atoms with E-state index >= 15 is 0 Å². The molecule has 0 spiro atoms. The van der Waals surface area contributed by atoms with Gasteiger partial charge in [0.05, 0.1) is 11.5 Å². The monoisotopic (exact) mass is 358 g/mol. The third kappa shape index (κ3) is 5.36. The molecule has 2 aliphatic rings. The van der Waals surface area contributed by atoms with Crippen LogP contribution >= 0.6 is 0 Å². The lowest BCUT2D eigenvalue weighted by Gasteiger charge is -2.31. The predicted molar refractivity (Wildman–Crippen MR) is 95.7 cm³/mol. The van der Waals surface area contributed by atoms with Gasteiger partial charge < -0.3 is 15.5 Å². The Labute approximate surface area is 145 Å². The van der Waals surface area contributed by atoms with E-state index in [0.717, 1.165) is 32.1 Å². The van der Waals surface area contributed by atoms with Crippen molar-refractivity contribution in [3.05, 3.63) is 0 Å².